The van der Waals surface area contributed by atoms with Gasteiger partial charge in [0.25, 0.3) is 0 Å². The van der Waals surface area contributed by atoms with Crippen LogP contribution in [0.4, 0.5) is 0 Å². The van der Waals surface area contributed by atoms with Crippen molar-refractivity contribution in [3.63, 3.8) is 0 Å². The first-order valence-corrected chi connectivity index (χ1v) is 17.0. The Hall–Kier alpha value is -6.44. The minimum absolute atomic E-state index is 0.917. The zero-order valence-electron chi connectivity index (χ0n) is 26.4. The lowest BCUT2D eigenvalue weighted by atomic mass is 9.87. The summed E-state index contributed by atoms with van der Waals surface area (Å²) in [4.78, 5) is 0. The first kappa shape index (κ1) is 25.6. The first-order chi connectivity index (χ1) is 24.3. The fourth-order valence-electron chi connectivity index (χ4n) is 8.91. The molecule has 11 aromatic carbocycles. The summed E-state index contributed by atoms with van der Waals surface area (Å²) >= 11 is 0. The van der Waals surface area contributed by atoms with Crippen LogP contribution in [0.3, 0.4) is 0 Å². The van der Waals surface area contributed by atoms with Crippen LogP contribution in [0.2, 0.25) is 0 Å². The summed E-state index contributed by atoms with van der Waals surface area (Å²) in [6.45, 7) is 0. The molecular formula is C48H26O. The standard InChI is InChI=1S/C48H26O/c1-2-10-38-27(5-1)19-22-42-47(38)41-26-36(37-20-17-32-12-11-30-8-4-9-31-18-21-39(37)46(32)44(30)31)25-40(48(41)49-42)35-23-33-15-13-28-6-3-7-29-14-16-34(24-35)45(33)43(28)29/h1-26H. The molecule has 0 saturated carbocycles. The Labute approximate surface area is 280 Å². The molecule has 0 unspecified atom stereocenters. The highest BCUT2D eigenvalue weighted by atomic mass is 16.3. The van der Waals surface area contributed by atoms with Gasteiger partial charge in [0.2, 0.25) is 0 Å². The lowest BCUT2D eigenvalue weighted by Gasteiger charge is -2.16. The molecule has 12 rings (SSSR count). The smallest absolute Gasteiger partial charge is 0.143 e. The summed E-state index contributed by atoms with van der Waals surface area (Å²) in [7, 11) is 0. The van der Waals surface area contributed by atoms with Crippen molar-refractivity contribution < 1.29 is 4.42 Å². The minimum atomic E-state index is 0.917. The minimum Gasteiger partial charge on any atom is -0.455 e. The number of rotatable bonds is 2. The molecule has 1 heteroatoms. The number of benzene rings is 11. The van der Waals surface area contributed by atoms with Crippen LogP contribution in [0.5, 0.6) is 0 Å². The van der Waals surface area contributed by atoms with Gasteiger partial charge in [0, 0.05) is 16.3 Å². The molecule has 224 valence electrons. The lowest BCUT2D eigenvalue weighted by molar-refractivity contribution is 0.670. The second-order valence-electron chi connectivity index (χ2n) is 13.6. The van der Waals surface area contributed by atoms with Crippen molar-refractivity contribution >= 4 is 97.3 Å². The van der Waals surface area contributed by atoms with E-state index in [1.54, 1.807) is 0 Å². The molecule has 0 fully saturated rings. The Morgan fingerprint density at radius 3 is 1.55 bits per heavy atom. The Morgan fingerprint density at radius 1 is 0.286 bits per heavy atom. The zero-order chi connectivity index (χ0) is 31.8. The molecule has 0 radical (unpaired) electrons. The van der Waals surface area contributed by atoms with Crippen molar-refractivity contribution in [3.8, 4) is 22.3 Å². The maximum atomic E-state index is 6.87. The summed E-state index contributed by atoms with van der Waals surface area (Å²) in [5.41, 5.74) is 6.56. The third-order valence-electron chi connectivity index (χ3n) is 11.1. The van der Waals surface area contributed by atoms with Crippen molar-refractivity contribution in [2.45, 2.75) is 0 Å². The van der Waals surface area contributed by atoms with Gasteiger partial charge in [-0.2, -0.15) is 0 Å². The molecule has 0 atom stereocenters. The SMILES string of the molecule is c1ccc2c(c1)ccc1oc3c(-c4cc5ccc6cccc7ccc(c4)c5c67)cc(-c4ccc5ccc6cccc7ccc4c5c67)cc3c12. The van der Waals surface area contributed by atoms with Crippen LogP contribution in [-0.4, -0.2) is 0 Å². The number of hydrogen-bond acceptors (Lipinski definition) is 1. The maximum absolute atomic E-state index is 6.87. The fraction of sp³-hybridized carbons (Fsp3) is 0. The van der Waals surface area contributed by atoms with Gasteiger partial charge in [-0.1, -0.05) is 127 Å². The summed E-state index contributed by atoms with van der Waals surface area (Å²) in [6, 6.07) is 58.5. The van der Waals surface area contributed by atoms with E-state index in [0.29, 0.717) is 0 Å². The van der Waals surface area contributed by atoms with Gasteiger partial charge in [0.1, 0.15) is 11.2 Å². The quantitative estimate of drug-likeness (QED) is 0.176. The highest BCUT2D eigenvalue weighted by Gasteiger charge is 2.20. The van der Waals surface area contributed by atoms with Crippen LogP contribution in [0.25, 0.3) is 120 Å². The number of furan rings is 1. The molecule has 0 aliphatic carbocycles. The van der Waals surface area contributed by atoms with Crippen molar-refractivity contribution in [1.82, 2.24) is 0 Å². The van der Waals surface area contributed by atoms with Crippen LogP contribution < -0.4 is 0 Å². The molecular weight excluding hydrogens is 593 g/mol. The predicted octanol–water partition coefficient (Wildman–Crippen LogP) is 13.9. The van der Waals surface area contributed by atoms with Crippen LogP contribution >= 0.6 is 0 Å². The van der Waals surface area contributed by atoms with Crippen molar-refractivity contribution in [2.24, 2.45) is 0 Å². The van der Waals surface area contributed by atoms with E-state index in [1.807, 2.05) is 0 Å². The van der Waals surface area contributed by atoms with Crippen molar-refractivity contribution in [1.29, 1.82) is 0 Å². The summed E-state index contributed by atoms with van der Waals surface area (Å²) in [6.07, 6.45) is 0. The topological polar surface area (TPSA) is 13.1 Å². The fourth-order valence-corrected chi connectivity index (χ4v) is 8.91. The Morgan fingerprint density at radius 2 is 0.816 bits per heavy atom. The Bertz CT molecular complexity index is 3240. The van der Waals surface area contributed by atoms with Gasteiger partial charge in [-0.3, -0.25) is 0 Å². The Kier molecular flexibility index (Phi) is 4.77. The van der Waals surface area contributed by atoms with Crippen molar-refractivity contribution in [2.75, 3.05) is 0 Å². The second kappa shape index (κ2) is 9.13. The van der Waals surface area contributed by atoms with Crippen LogP contribution in [0.1, 0.15) is 0 Å². The molecule has 1 heterocycles. The van der Waals surface area contributed by atoms with E-state index in [0.717, 1.165) is 22.1 Å². The highest BCUT2D eigenvalue weighted by molar-refractivity contribution is 6.28. The van der Waals surface area contributed by atoms with Crippen molar-refractivity contribution in [3.05, 3.63) is 158 Å². The van der Waals surface area contributed by atoms with E-state index in [-0.39, 0.29) is 0 Å². The maximum Gasteiger partial charge on any atom is 0.143 e. The largest absolute Gasteiger partial charge is 0.455 e. The van der Waals surface area contributed by atoms with E-state index in [9.17, 15) is 0 Å². The van der Waals surface area contributed by atoms with Crippen LogP contribution in [-0.2, 0) is 0 Å². The van der Waals surface area contributed by atoms with Gasteiger partial charge in [0.05, 0.1) is 0 Å². The molecule has 49 heavy (non-hydrogen) atoms. The third-order valence-corrected chi connectivity index (χ3v) is 11.1. The monoisotopic (exact) mass is 618 g/mol. The normalized spacial score (nSPS) is 12.5. The molecule has 0 spiro atoms. The van der Waals surface area contributed by atoms with E-state index in [1.165, 1.54) is 97.5 Å². The predicted molar refractivity (Wildman–Crippen MR) is 210 cm³/mol. The van der Waals surface area contributed by atoms with Gasteiger partial charge in [-0.25, -0.2) is 0 Å². The molecule has 12 aromatic rings. The molecule has 1 nitrogen and oxygen atoms in total. The average Bonchev–Trinajstić information content (AvgIpc) is 3.55. The van der Waals surface area contributed by atoms with Gasteiger partial charge < -0.3 is 4.42 Å². The van der Waals surface area contributed by atoms with Gasteiger partial charge in [0.15, 0.2) is 0 Å². The molecule has 1 aromatic heterocycles. The average molecular weight is 619 g/mol. The lowest BCUT2D eigenvalue weighted by Crippen LogP contribution is -1.89. The number of hydrogen-bond donors (Lipinski definition) is 0. The van der Waals surface area contributed by atoms with Gasteiger partial charge in [-0.05, 0) is 122 Å². The first-order valence-electron chi connectivity index (χ1n) is 17.0. The molecule has 0 aliphatic rings. The van der Waals surface area contributed by atoms with E-state index >= 15 is 0 Å². The highest BCUT2D eigenvalue weighted by Crippen LogP contribution is 2.46. The molecule has 0 aliphatic heterocycles. The Balaban J connectivity index is 1.22. The zero-order valence-corrected chi connectivity index (χ0v) is 26.4. The third kappa shape index (κ3) is 3.39. The molecule has 0 bridgehead atoms. The molecule has 0 saturated heterocycles. The summed E-state index contributed by atoms with van der Waals surface area (Å²) in [5, 5.41) is 20.3. The summed E-state index contributed by atoms with van der Waals surface area (Å²) in [5.74, 6) is 0. The van der Waals surface area contributed by atoms with Crippen LogP contribution in [0, 0.1) is 0 Å². The van der Waals surface area contributed by atoms with Gasteiger partial charge in [-0.15, -0.1) is 0 Å². The van der Waals surface area contributed by atoms with Gasteiger partial charge >= 0.3 is 0 Å². The van der Waals surface area contributed by atoms with E-state index < -0.39 is 0 Å². The molecule has 0 amide bonds. The summed E-state index contributed by atoms with van der Waals surface area (Å²) < 4.78 is 6.87. The van der Waals surface area contributed by atoms with E-state index in [4.69, 9.17) is 4.42 Å². The number of fused-ring (bicyclic) bond motifs is 5. The second-order valence-corrected chi connectivity index (χ2v) is 13.6. The van der Waals surface area contributed by atoms with Crippen LogP contribution in [0.15, 0.2) is 162 Å². The van der Waals surface area contributed by atoms with E-state index in [2.05, 4.69) is 158 Å². The molecule has 0 N–H and O–H groups in total.